The molecule has 1 amide bonds. The molecule has 0 atom stereocenters. The Hall–Kier alpha value is -2.70. The smallest absolute Gasteiger partial charge is 0.276 e. The van der Waals surface area contributed by atoms with Crippen molar-refractivity contribution in [3.8, 4) is 11.3 Å². The fourth-order valence-electron chi connectivity index (χ4n) is 3.29. The fourth-order valence-corrected chi connectivity index (χ4v) is 3.50. The number of aromatic nitrogens is 1. The molecule has 0 spiro atoms. The van der Waals surface area contributed by atoms with Crippen LogP contribution in [0.15, 0.2) is 59.1 Å². The molecule has 0 N–H and O–H groups in total. The fraction of sp³-hybridized carbons (Fsp3) is 0.238. The van der Waals surface area contributed by atoms with Crippen molar-refractivity contribution in [2.24, 2.45) is 0 Å². The van der Waals surface area contributed by atoms with Crippen molar-refractivity contribution < 1.29 is 13.7 Å². The Balaban J connectivity index is 1.36. The molecular formula is C21H19ClFN3O2. The van der Waals surface area contributed by atoms with Gasteiger partial charge < -0.3 is 9.42 Å². The van der Waals surface area contributed by atoms with E-state index < -0.39 is 0 Å². The maximum atomic E-state index is 13.1. The number of hydrogen-bond acceptors (Lipinski definition) is 4. The van der Waals surface area contributed by atoms with E-state index in [1.165, 1.54) is 12.1 Å². The van der Waals surface area contributed by atoms with Gasteiger partial charge in [0.2, 0.25) is 0 Å². The minimum atomic E-state index is -0.324. The van der Waals surface area contributed by atoms with Gasteiger partial charge in [-0.1, -0.05) is 28.9 Å². The van der Waals surface area contributed by atoms with Gasteiger partial charge in [-0.15, -0.1) is 0 Å². The lowest BCUT2D eigenvalue weighted by Crippen LogP contribution is -2.48. The number of hydrogen-bond donors (Lipinski definition) is 0. The largest absolute Gasteiger partial charge is 0.355 e. The molecule has 144 valence electrons. The third-order valence-corrected chi connectivity index (χ3v) is 5.05. The zero-order valence-electron chi connectivity index (χ0n) is 15.1. The van der Waals surface area contributed by atoms with Crippen LogP contribution in [0.2, 0.25) is 5.02 Å². The Bertz CT molecular complexity index is 966. The van der Waals surface area contributed by atoms with Crippen LogP contribution in [0, 0.1) is 5.82 Å². The van der Waals surface area contributed by atoms with E-state index in [2.05, 4.69) is 16.1 Å². The van der Waals surface area contributed by atoms with Crippen molar-refractivity contribution in [2.45, 2.75) is 6.54 Å². The molecule has 1 aliphatic rings. The first-order valence-corrected chi connectivity index (χ1v) is 9.45. The molecule has 1 saturated heterocycles. The van der Waals surface area contributed by atoms with Crippen molar-refractivity contribution in [1.82, 2.24) is 15.0 Å². The standard InChI is InChI=1S/C21H19ClFN3O2/c22-17-3-1-2-15(12-17)14-25-8-10-26(11-9-25)21(27)19-13-20(28-24-19)16-4-6-18(23)7-5-16/h1-7,12-13H,8-11,14H2. The molecule has 1 aromatic heterocycles. The molecule has 7 heteroatoms. The van der Waals surface area contributed by atoms with Crippen molar-refractivity contribution >= 4 is 17.5 Å². The zero-order valence-corrected chi connectivity index (χ0v) is 15.9. The molecule has 2 heterocycles. The van der Waals surface area contributed by atoms with Crippen molar-refractivity contribution in [1.29, 1.82) is 0 Å². The van der Waals surface area contributed by atoms with Crippen LogP contribution >= 0.6 is 11.6 Å². The molecule has 28 heavy (non-hydrogen) atoms. The second-order valence-corrected chi connectivity index (χ2v) is 7.22. The lowest BCUT2D eigenvalue weighted by molar-refractivity contribution is 0.0618. The van der Waals surface area contributed by atoms with Gasteiger partial charge in [-0.05, 0) is 42.0 Å². The van der Waals surface area contributed by atoms with Crippen LogP contribution < -0.4 is 0 Å². The molecule has 0 bridgehead atoms. The summed E-state index contributed by atoms with van der Waals surface area (Å²) in [6.07, 6.45) is 0. The van der Waals surface area contributed by atoms with Crippen molar-refractivity contribution in [2.75, 3.05) is 26.2 Å². The summed E-state index contributed by atoms with van der Waals surface area (Å²) in [5.74, 6) is -0.0299. The quantitative estimate of drug-likeness (QED) is 0.663. The van der Waals surface area contributed by atoms with Gasteiger partial charge in [-0.2, -0.15) is 0 Å². The topological polar surface area (TPSA) is 49.6 Å². The Kier molecular flexibility index (Phi) is 5.41. The predicted octanol–water partition coefficient (Wildman–Crippen LogP) is 4.09. The SMILES string of the molecule is O=C(c1cc(-c2ccc(F)cc2)on1)N1CCN(Cc2cccc(Cl)c2)CC1. The van der Waals surface area contributed by atoms with E-state index in [1.807, 2.05) is 18.2 Å². The summed E-state index contributed by atoms with van der Waals surface area (Å²) in [6.45, 7) is 3.61. The Morgan fingerprint density at radius 1 is 1.07 bits per heavy atom. The van der Waals surface area contributed by atoms with E-state index in [4.69, 9.17) is 16.1 Å². The average molecular weight is 400 g/mol. The maximum Gasteiger partial charge on any atom is 0.276 e. The van der Waals surface area contributed by atoms with Crippen LogP contribution in [0.25, 0.3) is 11.3 Å². The van der Waals surface area contributed by atoms with Gasteiger partial charge in [-0.3, -0.25) is 9.69 Å². The summed E-state index contributed by atoms with van der Waals surface area (Å²) in [5.41, 5.74) is 2.11. The summed E-state index contributed by atoms with van der Waals surface area (Å²) < 4.78 is 18.3. The maximum absolute atomic E-state index is 13.1. The summed E-state index contributed by atoms with van der Waals surface area (Å²) in [7, 11) is 0. The number of carbonyl (C=O) groups excluding carboxylic acids is 1. The molecule has 4 rings (SSSR count). The van der Waals surface area contributed by atoms with E-state index in [9.17, 15) is 9.18 Å². The van der Waals surface area contributed by atoms with Crippen LogP contribution in [-0.4, -0.2) is 47.0 Å². The van der Waals surface area contributed by atoms with Crippen molar-refractivity contribution in [3.05, 3.63) is 76.7 Å². The summed E-state index contributed by atoms with van der Waals surface area (Å²) >= 11 is 6.04. The summed E-state index contributed by atoms with van der Waals surface area (Å²) in [5, 5.41) is 4.63. The Labute approximate surface area is 167 Å². The lowest BCUT2D eigenvalue weighted by atomic mass is 10.1. The molecular weight excluding hydrogens is 381 g/mol. The minimum Gasteiger partial charge on any atom is -0.355 e. The first-order chi connectivity index (χ1) is 13.6. The highest BCUT2D eigenvalue weighted by Gasteiger charge is 2.24. The molecule has 0 saturated carbocycles. The molecule has 1 aliphatic heterocycles. The lowest BCUT2D eigenvalue weighted by Gasteiger charge is -2.34. The van der Waals surface area contributed by atoms with Gasteiger partial charge in [-0.25, -0.2) is 4.39 Å². The minimum absolute atomic E-state index is 0.153. The van der Waals surface area contributed by atoms with Gasteiger partial charge in [0.1, 0.15) is 5.82 Å². The van der Waals surface area contributed by atoms with Gasteiger partial charge >= 0.3 is 0 Å². The van der Waals surface area contributed by atoms with E-state index in [0.717, 1.165) is 30.2 Å². The third-order valence-electron chi connectivity index (χ3n) is 4.81. The number of carbonyl (C=O) groups is 1. The number of halogens is 2. The Morgan fingerprint density at radius 3 is 2.54 bits per heavy atom. The highest BCUT2D eigenvalue weighted by molar-refractivity contribution is 6.30. The molecule has 2 aromatic carbocycles. The summed E-state index contributed by atoms with van der Waals surface area (Å²) in [6, 6.07) is 15.3. The van der Waals surface area contributed by atoms with E-state index >= 15 is 0 Å². The van der Waals surface area contributed by atoms with Crippen LogP contribution in [0.3, 0.4) is 0 Å². The van der Waals surface area contributed by atoms with Crippen LogP contribution in [0.4, 0.5) is 4.39 Å². The number of nitrogens with zero attached hydrogens (tertiary/aromatic N) is 3. The molecule has 5 nitrogen and oxygen atoms in total. The molecule has 0 radical (unpaired) electrons. The van der Waals surface area contributed by atoms with Crippen molar-refractivity contribution in [3.63, 3.8) is 0 Å². The molecule has 3 aromatic rings. The van der Waals surface area contributed by atoms with Gasteiger partial charge in [0.05, 0.1) is 0 Å². The van der Waals surface area contributed by atoms with Crippen LogP contribution in [-0.2, 0) is 6.54 Å². The Morgan fingerprint density at radius 2 is 1.82 bits per heavy atom. The first kappa shape index (κ1) is 18.7. The molecule has 0 unspecified atom stereocenters. The van der Waals surface area contributed by atoms with Crippen LogP contribution in [0.1, 0.15) is 16.1 Å². The van der Waals surface area contributed by atoms with Gasteiger partial charge in [0.25, 0.3) is 5.91 Å². The zero-order chi connectivity index (χ0) is 19.5. The van der Waals surface area contributed by atoms with E-state index in [1.54, 1.807) is 23.1 Å². The van der Waals surface area contributed by atoms with E-state index in [0.29, 0.717) is 24.4 Å². The highest BCUT2D eigenvalue weighted by Crippen LogP contribution is 2.22. The third kappa shape index (κ3) is 4.24. The molecule has 1 fully saturated rings. The number of amides is 1. The average Bonchev–Trinajstić information content (AvgIpc) is 3.19. The second kappa shape index (κ2) is 8.12. The number of benzene rings is 2. The number of piperazine rings is 1. The normalized spacial score (nSPS) is 15.0. The first-order valence-electron chi connectivity index (χ1n) is 9.07. The monoisotopic (exact) mass is 399 g/mol. The highest BCUT2D eigenvalue weighted by atomic mass is 35.5. The number of rotatable bonds is 4. The van der Waals surface area contributed by atoms with Gasteiger partial charge in [0, 0.05) is 49.4 Å². The van der Waals surface area contributed by atoms with E-state index in [-0.39, 0.29) is 17.4 Å². The summed E-state index contributed by atoms with van der Waals surface area (Å²) in [4.78, 5) is 16.8. The van der Waals surface area contributed by atoms with Gasteiger partial charge in [0.15, 0.2) is 11.5 Å². The van der Waals surface area contributed by atoms with Crippen LogP contribution in [0.5, 0.6) is 0 Å². The second-order valence-electron chi connectivity index (χ2n) is 6.78. The molecule has 0 aliphatic carbocycles. The predicted molar refractivity (Wildman–Crippen MR) is 105 cm³/mol.